The number of aryl methyl sites for hydroxylation is 1. The van der Waals surface area contributed by atoms with E-state index >= 15 is 0 Å². The SMILES string of the molecule is Cn1nnnc1SCC(=O)N/N=c1/scc(-c2ccc(F)cc2)n1-c1ccccc1. The van der Waals surface area contributed by atoms with Crippen LogP contribution in [0.25, 0.3) is 16.9 Å². The number of nitrogens with one attached hydrogen (secondary N) is 1. The van der Waals surface area contributed by atoms with E-state index < -0.39 is 0 Å². The van der Waals surface area contributed by atoms with E-state index in [1.807, 2.05) is 40.3 Å². The van der Waals surface area contributed by atoms with E-state index in [4.69, 9.17) is 0 Å². The van der Waals surface area contributed by atoms with Gasteiger partial charge in [-0.2, -0.15) is 0 Å². The Morgan fingerprint density at radius 2 is 1.97 bits per heavy atom. The third kappa shape index (κ3) is 4.47. The van der Waals surface area contributed by atoms with Gasteiger partial charge >= 0.3 is 0 Å². The van der Waals surface area contributed by atoms with E-state index in [1.165, 1.54) is 39.9 Å². The van der Waals surface area contributed by atoms with Crippen molar-refractivity contribution in [3.8, 4) is 16.9 Å². The maximum atomic E-state index is 13.4. The number of thiazole rings is 1. The number of rotatable bonds is 6. The zero-order chi connectivity index (χ0) is 20.9. The average Bonchev–Trinajstić information content (AvgIpc) is 3.38. The number of benzene rings is 2. The lowest BCUT2D eigenvalue weighted by Gasteiger charge is -2.09. The van der Waals surface area contributed by atoms with Crippen LogP contribution in [-0.4, -0.2) is 36.4 Å². The lowest BCUT2D eigenvalue weighted by atomic mass is 10.1. The number of hydrogen-bond donors (Lipinski definition) is 1. The molecule has 2 aromatic carbocycles. The second kappa shape index (κ2) is 9.01. The van der Waals surface area contributed by atoms with Gasteiger partial charge in [-0.1, -0.05) is 30.0 Å². The average molecular weight is 442 g/mol. The molecule has 0 bridgehead atoms. The van der Waals surface area contributed by atoms with Gasteiger partial charge in [-0.25, -0.2) is 14.5 Å². The first kappa shape index (κ1) is 20.0. The predicted octanol–water partition coefficient (Wildman–Crippen LogP) is 2.59. The van der Waals surface area contributed by atoms with Gasteiger partial charge < -0.3 is 0 Å². The zero-order valence-electron chi connectivity index (χ0n) is 15.8. The largest absolute Gasteiger partial charge is 0.284 e. The topological polar surface area (TPSA) is 90.0 Å². The molecule has 30 heavy (non-hydrogen) atoms. The van der Waals surface area contributed by atoms with Crippen LogP contribution in [0.3, 0.4) is 0 Å². The van der Waals surface area contributed by atoms with Crippen LogP contribution in [0, 0.1) is 5.82 Å². The van der Waals surface area contributed by atoms with Crippen molar-refractivity contribution in [1.82, 2.24) is 30.2 Å². The Bertz CT molecular complexity index is 1220. The minimum absolute atomic E-state index is 0.124. The first-order chi connectivity index (χ1) is 14.6. The van der Waals surface area contributed by atoms with E-state index in [2.05, 4.69) is 26.1 Å². The summed E-state index contributed by atoms with van der Waals surface area (Å²) in [6.07, 6.45) is 0. The summed E-state index contributed by atoms with van der Waals surface area (Å²) in [6, 6.07) is 15.9. The predicted molar refractivity (Wildman–Crippen MR) is 112 cm³/mol. The van der Waals surface area contributed by atoms with Gasteiger partial charge in [0.2, 0.25) is 9.96 Å². The molecule has 0 spiro atoms. The molecule has 0 radical (unpaired) electrons. The highest BCUT2D eigenvalue weighted by Gasteiger charge is 2.11. The Kier molecular flexibility index (Phi) is 6.00. The number of carbonyl (C=O) groups excluding carboxylic acids is 1. The lowest BCUT2D eigenvalue weighted by Crippen LogP contribution is -2.25. The fourth-order valence-corrected chi connectivity index (χ4v) is 4.16. The van der Waals surface area contributed by atoms with Crippen LogP contribution in [0.1, 0.15) is 0 Å². The molecule has 4 rings (SSSR count). The van der Waals surface area contributed by atoms with Gasteiger partial charge in [0, 0.05) is 18.1 Å². The quantitative estimate of drug-likeness (QED) is 0.367. The number of hydrogen-bond acceptors (Lipinski definition) is 7. The van der Waals surface area contributed by atoms with Gasteiger partial charge in [-0.3, -0.25) is 9.36 Å². The molecule has 2 heterocycles. The summed E-state index contributed by atoms with van der Waals surface area (Å²) in [5.74, 6) is -0.452. The summed E-state index contributed by atoms with van der Waals surface area (Å²) in [5, 5.41) is 17.9. The van der Waals surface area contributed by atoms with Crippen molar-refractivity contribution in [3.05, 3.63) is 70.6 Å². The molecule has 1 amide bonds. The summed E-state index contributed by atoms with van der Waals surface area (Å²) in [6.45, 7) is 0. The molecule has 0 saturated heterocycles. The van der Waals surface area contributed by atoms with Crippen molar-refractivity contribution in [3.63, 3.8) is 0 Å². The van der Waals surface area contributed by atoms with Crippen molar-refractivity contribution < 1.29 is 9.18 Å². The summed E-state index contributed by atoms with van der Waals surface area (Å²) < 4.78 is 16.8. The normalized spacial score (nSPS) is 11.6. The van der Waals surface area contributed by atoms with E-state index in [1.54, 1.807) is 19.2 Å². The van der Waals surface area contributed by atoms with E-state index in [9.17, 15) is 9.18 Å². The van der Waals surface area contributed by atoms with Crippen LogP contribution >= 0.6 is 23.1 Å². The summed E-state index contributed by atoms with van der Waals surface area (Å²) in [7, 11) is 1.70. The number of carbonyl (C=O) groups is 1. The minimum atomic E-state index is -0.298. The molecule has 1 N–H and O–H groups in total. The third-order valence-electron chi connectivity index (χ3n) is 4.05. The molecule has 0 fully saturated rings. The highest BCUT2D eigenvalue weighted by Crippen LogP contribution is 2.23. The zero-order valence-corrected chi connectivity index (χ0v) is 17.4. The second-order valence-corrected chi connectivity index (χ2v) is 7.88. The van der Waals surface area contributed by atoms with Crippen LogP contribution < -0.4 is 10.2 Å². The first-order valence-electron chi connectivity index (χ1n) is 8.81. The van der Waals surface area contributed by atoms with E-state index in [0.717, 1.165) is 16.9 Å². The van der Waals surface area contributed by atoms with Crippen molar-refractivity contribution in [2.45, 2.75) is 5.16 Å². The Hall–Kier alpha value is -3.31. The number of thioether (sulfide) groups is 1. The standard InChI is InChI=1S/C19H16FN7OS2/c1-26-18(23-24-25-26)30-12-17(28)21-22-19-27(15-5-3-2-4-6-15)16(11-29-19)13-7-9-14(20)10-8-13/h2-11H,12H2,1H3,(H,21,28)/b22-19+. The molecule has 0 atom stereocenters. The third-order valence-corrected chi connectivity index (χ3v) is 5.89. The molecule has 0 unspecified atom stereocenters. The van der Waals surface area contributed by atoms with Crippen LogP contribution in [0.2, 0.25) is 0 Å². The van der Waals surface area contributed by atoms with Crippen molar-refractivity contribution in [1.29, 1.82) is 0 Å². The maximum Gasteiger partial charge on any atom is 0.250 e. The minimum Gasteiger partial charge on any atom is -0.284 e. The number of aromatic nitrogens is 5. The molecular weight excluding hydrogens is 425 g/mol. The fraction of sp³-hybridized carbons (Fsp3) is 0.105. The maximum absolute atomic E-state index is 13.4. The van der Waals surface area contributed by atoms with Gasteiger partial charge in [0.25, 0.3) is 5.91 Å². The molecule has 0 aliphatic rings. The lowest BCUT2D eigenvalue weighted by molar-refractivity contribution is -0.118. The number of nitrogens with zero attached hydrogens (tertiary/aromatic N) is 6. The number of tetrazole rings is 1. The molecule has 0 aliphatic heterocycles. The van der Waals surface area contributed by atoms with Gasteiger partial charge in [-0.15, -0.1) is 21.5 Å². The fourth-order valence-electron chi connectivity index (χ4n) is 2.65. The van der Waals surface area contributed by atoms with Crippen LogP contribution in [0.5, 0.6) is 0 Å². The second-order valence-electron chi connectivity index (χ2n) is 6.10. The summed E-state index contributed by atoms with van der Waals surface area (Å²) in [4.78, 5) is 12.8. The number of amides is 1. The molecule has 4 aromatic rings. The first-order valence-corrected chi connectivity index (χ1v) is 10.7. The van der Waals surface area contributed by atoms with Crippen molar-refractivity contribution >= 4 is 29.0 Å². The molecule has 11 heteroatoms. The monoisotopic (exact) mass is 441 g/mol. The molecule has 8 nitrogen and oxygen atoms in total. The smallest absolute Gasteiger partial charge is 0.250 e. The Balaban J connectivity index is 1.61. The molecular formula is C19H16FN7OS2. The molecule has 152 valence electrons. The van der Waals surface area contributed by atoms with Crippen molar-refractivity contribution in [2.24, 2.45) is 12.1 Å². The Morgan fingerprint density at radius 3 is 2.67 bits per heavy atom. The van der Waals surface area contributed by atoms with E-state index in [-0.39, 0.29) is 17.5 Å². The highest BCUT2D eigenvalue weighted by molar-refractivity contribution is 7.99. The van der Waals surface area contributed by atoms with Gasteiger partial charge in [0.1, 0.15) is 5.82 Å². The van der Waals surface area contributed by atoms with Gasteiger partial charge in [0.15, 0.2) is 0 Å². The van der Waals surface area contributed by atoms with E-state index in [0.29, 0.717) is 9.96 Å². The molecule has 0 aliphatic carbocycles. The summed E-state index contributed by atoms with van der Waals surface area (Å²) in [5.41, 5.74) is 5.15. The van der Waals surface area contributed by atoms with Crippen LogP contribution in [-0.2, 0) is 11.8 Å². The van der Waals surface area contributed by atoms with Gasteiger partial charge in [-0.05, 0) is 52.4 Å². The summed E-state index contributed by atoms with van der Waals surface area (Å²) >= 11 is 2.59. The Labute approximate surface area is 179 Å². The van der Waals surface area contributed by atoms with Crippen LogP contribution in [0.4, 0.5) is 4.39 Å². The number of para-hydroxylation sites is 1. The van der Waals surface area contributed by atoms with Crippen LogP contribution in [0.15, 0.2) is 70.2 Å². The van der Waals surface area contributed by atoms with Gasteiger partial charge in [0.05, 0.1) is 11.4 Å². The van der Waals surface area contributed by atoms with Crippen molar-refractivity contribution in [2.75, 3.05) is 5.75 Å². The molecule has 2 aromatic heterocycles. The Morgan fingerprint density at radius 1 is 1.20 bits per heavy atom. The number of halogens is 1. The molecule has 0 saturated carbocycles. The highest BCUT2D eigenvalue weighted by atomic mass is 32.2.